The zero-order chi connectivity index (χ0) is 16.2. The predicted octanol–water partition coefficient (Wildman–Crippen LogP) is 5.82. The smallest absolute Gasteiger partial charge is 0.0456 e. The van der Waals surface area contributed by atoms with Crippen LogP contribution in [-0.2, 0) is 12.8 Å². The van der Waals surface area contributed by atoms with Gasteiger partial charge in [0.1, 0.15) is 0 Å². The number of aromatic amines is 2. The van der Waals surface area contributed by atoms with Crippen LogP contribution >= 0.6 is 21.6 Å². The lowest BCUT2D eigenvalue weighted by Gasteiger charge is -2.00. The molecule has 0 spiro atoms. The summed E-state index contributed by atoms with van der Waals surface area (Å²) < 4.78 is 0. The number of nitrogens with one attached hydrogen (secondary N) is 2. The van der Waals surface area contributed by atoms with Crippen molar-refractivity contribution in [1.82, 2.24) is 9.97 Å². The molecule has 0 aliphatic carbocycles. The van der Waals surface area contributed by atoms with Gasteiger partial charge in [-0.05, 0) is 47.9 Å². The fraction of sp³-hybridized carbons (Fsp3) is 0.200. The number of rotatable bonds is 7. The van der Waals surface area contributed by atoms with Gasteiger partial charge in [-0.15, -0.1) is 0 Å². The minimum Gasteiger partial charge on any atom is -0.358 e. The summed E-state index contributed by atoms with van der Waals surface area (Å²) in [4.78, 5) is 7.00. The average Bonchev–Trinajstić information content (AvgIpc) is 3.20. The van der Waals surface area contributed by atoms with Crippen molar-refractivity contribution in [3.05, 3.63) is 72.1 Å². The van der Waals surface area contributed by atoms with Gasteiger partial charge in [0.15, 0.2) is 0 Å². The van der Waals surface area contributed by atoms with Crippen molar-refractivity contribution in [2.45, 2.75) is 12.8 Å². The third kappa shape index (κ3) is 3.65. The lowest BCUT2D eigenvalue weighted by Crippen LogP contribution is -1.89. The summed E-state index contributed by atoms with van der Waals surface area (Å²) in [6.45, 7) is 0. The molecule has 4 aromatic rings. The Morgan fingerprint density at radius 3 is 1.54 bits per heavy atom. The van der Waals surface area contributed by atoms with E-state index in [0.717, 1.165) is 24.3 Å². The maximum atomic E-state index is 3.50. The summed E-state index contributed by atoms with van der Waals surface area (Å²) in [5.74, 6) is 2.29. The van der Waals surface area contributed by atoms with Crippen LogP contribution in [0.5, 0.6) is 0 Å². The van der Waals surface area contributed by atoms with Gasteiger partial charge in [0.25, 0.3) is 0 Å². The second-order valence-corrected chi connectivity index (χ2v) is 8.61. The van der Waals surface area contributed by atoms with E-state index in [0.29, 0.717) is 0 Å². The van der Waals surface area contributed by atoms with E-state index in [-0.39, 0.29) is 0 Å². The van der Waals surface area contributed by atoms with Crippen LogP contribution in [0.2, 0.25) is 0 Å². The van der Waals surface area contributed by atoms with Crippen LogP contribution in [-0.4, -0.2) is 21.5 Å². The van der Waals surface area contributed by atoms with E-state index in [1.54, 1.807) is 0 Å². The monoisotopic (exact) mass is 352 g/mol. The Morgan fingerprint density at radius 2 is 1.08 bits per heavy atom. The normalized spacial score (nSPS) is 11.5. The molecule has 0 amide bonds. The SMILES string of the molecule is c1ccc2[nH]c(CCSSCCc3cc4ccccc4[nH]3)cc2c1. The summed E-state index contributed by atoms with van der Waals surface area (Å²) in [6, 6.07) is 21.5. The minimum absolute atomic E-state index is 1.10. The van der Waals surface area contributed by atoms with Gasteiger partial charge < -0.3 is 9.97 Å². The first-order valence-electron chi connectivity index (χ1n) is 8.26. The largest absolute Gasteiger partial charge is 0.358 e. The molecule has 2 heterocycles. The Labute approximate surface area is 149 Å². The zero-order valence-corrected chi connectivity index (χ0v) is 15.1. The number of hydrogen-bond acceptors (Lipinski definition) is 2. The number of hydrogen-bond donors (Lipinski definition) is 2. The van der Waals surface area contributed by atoms with Gasteiger partial charge in [-0.2, -0.15) is 0 Å². The molecule has 0 fully saturated rings. The molecule has 4 rings (SSSR count). The summed E-state index contributed by atoms with van der Waals surface area (Å²) in [7, 11) is 3.93. The number of para-hydroxylation sites is 2. The van der Waals surface area contributed by atoms with E-state index in [4.69, 9.17) is 0 Å². The molecule has 0 atom stereocenters. The molecule has 0 radical (unpaired) electrons. The van der Waals surface area contributed by atoms with Crippen LogP contribution in [0.4, 0.5) is 0 Å². The van der Waals surface area contributed by atoms with Crippen LogP contribution in [0.15, 0.2) is 60.7 Å². The Morgan fingerprint density at radius 1 is 0.625 bits per heavy atom. The van der Waals surface area contributed by atoms with E-state index in [1.165, 1.54) is 33.2 Å². The molecule has 122 valence electrons. The van der Waals surface area contributed by atoms with Crippen LogP contribution < -0.4 is 0 Å². The van der Waals surface area contributed by atoms with Crippen LogP contribution in [0.1, 0.15) is 11.4 Å². The van der Waals surface area contributed by atoms with E-state index in [1.807, 2.05) is 21.6 Å². The van der Waals surface area contributed by atoms with Gasteiger partial charge in [0.2, 0.25) is 0 Å². The standard InChI is InChI=1S/C20H20N2S2/c1-3-7-19-15(5-1)13-17(21-19)9-11-23-24-12-10-18-14-16-6-2-4-8-20(16)22-18/h1-8,13-14,21-22H,9-12H2. The van der Waals surface area contributed by atoms with E-state index >= 15 is 0 Å². The maximum Gasteiger partial charge on any atom is 0.0456 e. The van der Waals surface area contributed by atoms with E-state index in [9.17, 15) is 0 Å². The minimum atomic E-state index is 1.10. The number of aromatic nitrogens is 2. The highest BCUT2D eigenvalue weighted by Gasteiger charge is 2.02. The average molecular weight is 353 g/mol. The Bertz CT molecular complexity index is 795. The number of benzene rings is 2. The molecule has 0 bridgehead atoms. The number of aryl methyl sites for hydroxylation is 2. The molecule has 2 N–H and O–H groups in total. The third-order valence-electron chi connectivity index (χ3n) is 4.16. The highest BCUT2D eigenvalue weighted by Crippen LogP contribution is 2.25. The van der Waals surface area contributed by atoms with Crippen molar-refractivity contribution in [2.75, 3.05) is 11.5 Å². The lowest BCUT2D eigenvalue weighted by atomic mass is 10.2. The van der Waals surface area contributed by atoms with Crippen molar-refractivity contribution >= 4 is 43.4 Å². The van der Waals surface area contributed by atoms with Gasteiger partial charge >= 0.3 is 0 Å². The molecule has 4 heteroatoms. The van der Waals surface area contributed by atoms with Crippen molar-refractivity contribution in [2.24, 2.45) is 0 Å². The van der Waals surface area contributed by atoms with E-state index < -0.39 is 0 Å². The van der Waals surface area contributed by atoms with Crippen LogP contribution in [0, 0.1) is 0 Å². The van der Waals surface area contributed by atoms with E-state index in [2.05, 4.69) is 70.6 Å². The highest BCUT2D eigenvalue weighted by molar-refractivity contribution is 8.76. The molecule has 0 saturated carbocycles. The van der Waals surface area contributed by atoms with Gasteiger partial charge in [0.05, 0.1) is 0 Å². The molecule has 0 saturated heterocycles. The van der Waals surface area contributed by atoms with Crippen LogP contribution in [0.3, 0.4) is 0 Å². The fourth-order valence-electron chi connectivity index (χ4n) is 2.96. The molecule has 0 unspecified atom stereocenters. The number of H-pyrrole nitrogens is 2. The molecular weight excluding hydrogens is 332 g/mol. The van der Waals surface area contributed by atoms with Gasteiger partial charge in [-0.3, -0.25) is 0 Å². The zero-order valence-electron chi connectivity index (χ0n) is 13.4. The second-order valence-electron chi connectivity index (χ2n) is 5.91. The first-order valence-corrected chi connectivity index (χ1v) is 10.7. The molecule has 24 heavy (non-hydrogen) atoms. The highest BCUT2D eigenvalue weighted by atomic mass is 33.1. The maximum absolute atomic E-state index is 3.50. The van der Waals surface area contributed by atoms with Crippen molar-refractivity contribution in [3.8, 4) is 0 Å². The Hall–Kier alpha value is -1.78. The quantitative estimate of drug-likeness (QED) is 0.324. The Balaban J connectivity index is 1.20. The molecule has 0 aliphatic heterocycles. The third-order valence-corrected chi connectivity index (χ3v) is 6.57. The fourth-order valence-corrected chi connectivity index (χ4v) is 5.01. The second kappa shape index (κ2) is 7.41. The lowest BCUT2D eigenvalue weighted by molar-refractivity contribution is 1.09. The molecule has 2 aromatic heterocycles. The van der Waals surface area contributed by atoms with Gasteiger partial charge in [-0.25, -0.2) is 0 Å². The summed E-state index contributed by atoms with van der Waals surface area (Å²) >= 11 is 0. The van der Waals surface area contributed by atoms with Crippen molar-refractivity contribution in [1.29, 1.82) is 0 Å². The van der Waals surface area contributed by atoms with Crippen LogP contribution in [0.25, 0.3) is 21.8 Å². The molecule has 0 aliphatic rings. The first-order chi connectivity index (χ1) is 11.9. The van der Waals surface area contributed by atoms with Crippen molar-refractivity contribution < 1.29 is 0 Å². The van der Waals surface area contributed by atoms with Gasteiger partial charge in [0, 0.05) is 33.9 Å². The predicted molar refractivity (Wildman–Crippen MR) is 109 cm³/mol. The summed E-state index contributed by atoms with van der Waals surface area (Å²) in [5.41, 5.74) is 5.15. The summed E-state index contributed by atoms with van der Waals surface area (Å²) in [5, 5.41) is 2.62. The van der Waals surface area contributed by atoms with Crippen molar-refractivity contribution in [3.63, 3.8) is 0 Å². The number of fused-ring (bicyclic) bond motifs is 2. The van der Waals surface area contributed by atoms with Gasteiger partial charge in [-0.1, -0.05) is 58.0 Å². The molecule has 2 aromatic carbocycles. The topological polar surface area (TPSA) is 31.6 Å². The first kappa shape index (κ1) is 15.7. The Kier molecular flexibility index (Phi) is 4.86. The molecule has 2 nitrogen and oxygen atoms in total. The summed E-state index contributed by atoms with van der Waals surface area (Å²) in [6.07, 6.45) is 2.19. The molecular formula is C20H20N2S2.